The number of para-hydroxylation sites is 1. The third kappa shape index (κ3) is 4.14. The molecule has 1 rings (SSSR count). The third-order valence-corrected chi connectivity index (χ3v) is 4.50. The van der Waals surface area contributed by atoms with Crippen LogP contribution in [0.1, 0.15) is 30.1 Å². The Morgan fingerprint density at radius 3 is 2.56 bits per heavy atom. The van der Waals surface area contributed by atoms with Gasteiger partial charge in [-0.15, -0.1) is 0 Å². The second kappa shape index (κ2) is 6.54. The van der Waals surface area contributed by atoms with E-state index in [0.717, 1.165) is 0 Å². The highest BCUT2D eigenvalue weighted by molar-refractivity contribution is 7.91. The van der Waals surface area contributed by atoms with Crippen molar-refractivity contribution >= 4 is 15.6 Å². The number of Topliss-reactive ketones (excluding diaryl/α,β-unsaturated/α-hetero) is 1. The highest BCUT2D eigenvalue weighted by Gasteiger charge is 2.13. The molecule has 1 aromatic rings. The molecule has 4 nitrogen and oxygen atoms in total. The average Bonchev–Trinajstić information content (AvgIpc) is 2.38. The molecule has 0 aliphatic carbocycles. The quantitative estimate of drug-likeness (QED) is 0.712. The second-order valence-electron chi connectivity index (χ2n) is 3.96. The van der Waals surface area contributed by atoms with E-state index in [1.165, 1.54) is 7.11 Å². The van der Waals surface area contributed by atoms with E-state index in [1.807, 2.05) is 0 Å². The Hall–Kier alpha value is -1.36. The number of carbonyl (C=O) groups is 1. The predicted octanol–water partition coefficient (Wildman–Crippen LogP) is 2.09. The zero-order valence-electron chi connectivity index (χ0n) is 10.7. The Kier molecular flexibility index (Phi) is 5.34. The molecule has 0 heterocycles. The van der Waals surface area contributed by atoms with Crippen LogP contribution in [0.4, 0.5) is 0 Å². The molecule has 0 fully saturated rings. The molecular formula is C13H18O4S. The zero-order valence-corrected chi connectivity index (χ0v) is 11.5. The summed E-state index contributed by atoms with van der Waals surface area (Å²) in [7, 11) is -1.49. The molecular weight excluding hydrogens is 252 g/mol. The molecule has 0 unspecified atom stereocenters. The number of carbonyl (C=O) groups excluding carboxylic acids is 1. The minimum atomic E-state index is -3.00. The van der Waals surface area contributed by atoms with Crippen LogP contribution in [0.3, 0.4) is 0 Å². The van der Waals surface area contributed by atoms with Crippen LogP contribution in [0.5, 0.6) is 5.75 Å². The van der Waals surface area contributed by atoms with Crippen LogP contribution in [0.15, 0.2) is 24.3 Å². The minimum absolute atomic E-state index is 0.0599. The second-order valence-corrected chi connectivity index (χ2v) is 6.44. The van der Waals surface area contributed by atoms with Gasteiger partial charge in [0.2, 0.25) is 0 Å². The SMILES string of the molecule is CCS(=O)(=O)CCCC(=O)c1ccccc1OC. The molecule has 0 amide bonds. The lowest BCUT2D eigenvalue weighted by Gasteiger charge is -2.07. The van der Waals surface area contributed by atoms with Crippen molar-refractivity contribution in [3.05, 3.63) is 29.8 Å². The van der Waals surface area contributed by atoms with Crippen LogP contribution in [-0.2, 0) is 9.84 Å². The van der Waals surface area contributed by atoms with Crippen molar-refractivity contribution in [2.24, 2.45) is 0 Å². The molecule has 0 aromatic heterocycles. The maximum absolute atomic E-state index is 11.9. The van der Waals surface area contributed by atoms with E-state index in [1.54, 1.807) is 31.2 Å². The van der Waals surface area contributed by atoms with Gasteiger partial charge in [0, 0.05) is 12.2 Å². The molecule has 0 atom stereocenters. The van der Waals surface area contributed by atoms with Crippen LogP contribution < -0.4 is 4.74 Å². The van der Waals surface area contributed by atoms with Crippen LogP contribution in [0.2, 0.25) is 0 Å². The highest BCUT2D eigenvalue weighted by Crippen LogP contribution is 2.19. The summed E-state index contributed by atoms with van der Waals surface area (Å²) in [6, 6.07) is 6.96. The lowest BCUT2D eigenvalue weighted by molar-refractivity contribution is 0.0979. The molecule has 0 radical (unpaired) electrons. The van der Waals surface area contributed by atoms with Crippen LogP contribution >= 0.6 is 0 Å². The van der Waals surface area contributed by atoms with Crippen LogP contribution in [-0.4, -0.2) is 32.8 Å². The summed E-state index contributed by atoms with van der Waals surface area (Å²) >= 11 is 0. The Labute approximate surface area is 108 Å². The van der Waals surface area contributed by atoms with E-state index >= 15 is 0 Å². The fourth-order valence-corrected chi connectivity index (χ4v) is 2.48. The van der Waals surface area contributed by atoms with Crippen molar-refractivity contribution in [2.75, 3.05) is 18.6 Å². The average molecular weight is 270 g/mol. The number of rotatable bonds is 7. The monoisotopic (exact) mass is 270 g/mol. The molecule has 100 valence electrons. The molecule has 1 aromatic carbocycles. The van der Waals surface area contributed by atoms with Gasteiger partial charge in [-0.2, -0.15) is 0 Å². The molecule has 5 heteroatoms. The van der Waals surface area contributed by atoms with E-state index in [2.05, 4.69) is 0 Å². The number of methoxy groups -OCH3 is 1. The van der Waals surface area contributed by atoms with Gasteiger partial charge in [0.15, 0.2) is 5.78 Å². The van der Waals surface area contributed by atoms with E-state index in [4.69, 9.17) is 4.74 Å². The largest absolute Gasteiger partial charge is 0.496 e. The van der Waals surface area contributed by atoms with Gasteiger partial charge < -0.3 is 4.74 Å². The van der Waals surface area contributed by atoms with E-state index in [-0.39, 0.29) is 23.7 Å². The third-order valence-electron chi connectivity index (χ3n) is 2.71. The lowest BCUT2D eigenvalue weighted by Crippen LogP contribution is -2.11. The molecule has 0 saturated heterocycles. The van der Waals surface area contributed by atoms with E-state index < -0.39 is 9.84 Å². The van der Waals surface area contributed by atoms with Crippen molar-refractivity contribution in [3.63, 3.8) is 0 Å². The number of benzene rings is 1. The van der Waals surface area contributed by atoms with Crippen molar-refractivity contribution in [1.29, 1.82) is 0 Å². The first-order valence-electron chi connectivity index (χ1n) is 5.87. The number of hydrogen-bond donors (Lipinski definition) is 0. The maximum atomic E-state index is 11.9. The Morgan fingerprint density at radius 2 is 1.94 bits per heavy atom. The predicted molar refractivity (Wildman–Crippen MR) is 70.9 cm³/mol. The number of hydrogen-bond acceptors (Lipinski definition) is 4. The van der Waals surface area contributed by atoms with Crippen molar-refractivity contribution in [2.45, 2.75) is 19.8 Å². The van der Waals surface area contributed by atoms with Gasteiger partial charge in [-0.3, -0.25) is 4.79 Å². The van der Waals surface area contributed by atoms with Gasteiger partial charge in [-0.25, -0.2) is 8.42 Å². The fourth-order valence-electron chi connectivity index (χ4n) is 1.61. The molecule has 0 spiro atoms. The summed E-state index contributed by atoms with van der Waals surface area (Å²) in [6.45, 7) is 1.61. The summed E-state index contributed by atoms with van der Waals surface area (Å²) < 4.78 is 27.7. The first kappa shape index (κ1) is 14.7. The molecule has 0 aliphatic heterocycles. The summed E-state index contributed by atoms with van der Waals surface area (Å²) in [5, 5.41) is 0. The van der Waals surface area contributed by atoms with Gasteiger partial charge in [-0.05, 0) is 18.6 Å². The summed E-state index contributed by atoms with van der Waals surface area (Å²) in [4.78, 5) is 11.9. The van der Waals surface area contributed by atoms with Gasteiger partial charge >= 0.3 is 0 Å². The molecule has 0 saturated carbocycles. The van der Waals surface area contributed by atoms with Crippen molar-refractivity contribution in [3.8, 4) is 5.75 Å². The standard InChI is InChI=1S/C13H18O4S/c1-3-18(15,16)10-6-8-12(14)11-7-4-5-9-13(11)17-2/h4-5,7,9H,3,6,8,10H2,1-2H3. The van der Waals surface area contributed by atoms with E-state index in [0.29, 0.717) is 17.7 Å². The fraction of sp³-hybridized carbons (Fsp3) is 0.462. The van der Waals surface area contributed by atoms with Gasteiger partial charge in [0.25, 0.3) is 0 Å². The number of sulfone groups is 1. The summed E-state index contributed by atoms with van der Waals surface area (Å²) in [5.41, 5.74) is 0.508. The number of ether oxygens (including phenoxy) is 1. The normalized spacial score (nSPS) is 11.2. The minimum Gasteiger partial charge on any atom is -0.496 e. The van der Waals surface area contributed by atoms with Crippen molar-refractivity contribution < 1.29 is 17.9 Å². The van der Waals surface area contributed by atoms with Crippen LogP contribution in [0, 0.1) is 0 Å². The summed E-state index contributed by atoms with van der Waals surface area (Å²) in [6.07, 6.45) is 0.576. The number of ketones is 1. The zero-order chi connectivity index (χ0) is 13.6. The molecule has 0 aliphatic rings. The van der Waals surface area contributed by atoms with Gasteiger partial charge in [0.05, 0.1) is 18.4 Å². The van der Waals surface area contributed by atoms with E-state index in [9.17, 15) is 13.2 Å². The van der Waals surface area contributed by atoms with Crippen LogP contribution in [0.25, 0.3) is 0 Å². The maximum Gasteiger partial charge on any atom is 0.166 e. The molecule has 18 heavy (non-hydrogen) atoms. The van der Waals surface area contributed by atoms with Crippen molar-refractivity contribution in [1.82, 2.24) is 0 Å². The Balaban J connectivity index is 2.61. The lowest BCUT2D eigenvalue weighted by atomic mass is 10.1. The highest BCUT2D eigenvalue weighted by atomic mass is 32.2. The smallest absolute Gasteiger partial charge is 0.166 e. The molecule has 0 bridgehead atoms. The van der Waals surface area contributed by atoms with Gasteiger partial charge in [-0.1, -0.05) is 19.1 Å². The Morgan fingerprint density at radius 1 is 1.28 bits per heavy atom. The molecule has 0 N–H and O–H groups in total. The topological polar surface area (TPSA) is 60.4 Å². The Bertz CT molecular complexity index is 505. The summed E-state index contributed by atoms with van der Waals surface area (Å²) in [5.74, 6) is 0.625. The first-order valence-corrected chi connectivity index (χ1v) is 7.69. The first-order chi connectivity index (χ1) is 8.50. The van der Waals surface area contributed by atoms with Gasteiger partial charge in [0.1, 0.15) is 15.6 Å².